The highest BCUT2D eigenvalue weighted by atomic mass is 16.1. The molecule has 0 saturated carbocycles. The van der Waals surface area contributed by atoms with Crippen molar-refractivity contribution in [2.45, 2.75) is 32.6 Å². The molecular formula is C14H18O. The third kappa shape index (κ3) is 4.59. The quantitative estimate of drug-likeness (QED) is 0.644. The van der Waals surface area contributed by atoms with Gasteiger partial charge in [0.1, 0.15) is 6.29 Å². The molecular weight excluding hydrogens is 184 g/mol. The smallest absolute Gasteiger partial charge is 0.123 e. The highest BCUT2D eigenvalue weighted by Gasteiger charge is 1.91. The SMILES string of the molecule is CCCCc1ccc(C=CCC=O)cc1. The van der Waals surface area contributed by atoms with Crippen LogP contribution in [0.1, 0.15) is 37.3 Å². The van der Waals surface area contributed by atoms with Gasteiger partial charge in [0.2, 0.25) is 0 Å². The van der Waals surface area contributed by atoms with Crippen molar-refractivity contribution in [2.75, 3.05) is 0 Å². The van der Waals surface area contributed by atoms with Crippen molar-refractivity contribution in [1.29, 1.82) is 0 Å². The predicted octanol–water partition coefficient (Wildman–Crippen LogP) is 3.63. The second kappa shape index (κ2) is 6.99. The van der Waals surface area contributed by atoms with E-state index in [9.17, 15) is 4.79 Å². The lowest BCUT2D eigenvalue weighted by Gasteiger charge is -2.00. The van der Waals surface area contributed by atoms with Crippen molar-refractivity contribution in [3.8, 4) is 0 Å². The van der Waals surface area contributed by atoms with E-state index < -0.39 is 0 Å². The fourth-order valence-corrected chi connectivity index (χ4v) is 1.44. The van der Waals surface area contributed by atoms with Crippen molar-refractivity contribution in [3.63, 3.8) is 0 Å². The van der Waals surface area contributed by atoms with Gasteiger partial charge < -0.3 is 4.79 Å². The van der Waals surface area contributed by atoms with Gasteiger partial charge in [-0.05, 0) is 24.0 Å². The number of aldehydes is 1. The Balaban J connectivity index is 2.52. The van der Waals surface area contributed by atoms with Crippen molar-refractivity contribution < 1.29 is 4.79 Å². The largest absolute Gasteiger partial charge is 0.303 e. The van der Waals surface area contributed by atoms with Gasteiger partial charge in [0, 0.05) is 6.42 Å². The van der Waals surface area contributed by atoms with E-state index >= 15 is 0 Å². The summed E-state index contributed by atoms with van der Waals surface area (Å²) in [6.45, 7) is 2.20. The van der Waals surface area contributed by atoms with Crippen molar-refractivity contribution in [1.82, 2.24) is 0 Å². The van der Waals surface area contributed by atoms with E-state index in [1.165, 1.54) is 18.4 Å². The van der Waals surface area contributed by atoms with Crippen LogP contribution in [-0.4, -0.2) is 6.29 Å². The molecule has 0 saturated heterocycles. The number of hydrogen-bond donors (Lipinski definition) is 0. The van der Waals surface area contributed by atoms with Gasteiger partial charge in [-0.3, -0.25) is 0 Å². The number of benzene rings is 1. The first-order valence-corrected chi connectivity index (χ1v) is 5.56. The molecule has 0 heterocycles. The van der Waals surface area contributed by atoms with Gasteiger partial charge in [0.05, 0.1) is 0 Å². The molecule has 0 atom stereocenters. The molecule has 0 aliphatic rings. The van der Waals surface area contributed by atoms with Gasteiger partial charge in [0.15, 0.2) is 0 Å². The third-order valence-corrected chi connectivity index (χ3v) is 2.34. The Hall–Kier alpha value is -1.37. The van der Waals surface area contributed by atoms with E-state index in [1.807, 2.05) is 12.2 Å². The minimum Gasteiger partial charge on any atom is -0.303 e. The topological polar surface area (TPSA) is 17.1 Å². The first kappa shape index (κ1) is 11.7. The monoisotopic (exact) mass is 202 g/mol. The summed E-state index contributed by atoms with van der Waals surface area (Å²) < 4.78 is 0. The zero-order valence-corrected chi connectivity index (χ0v) is 9.28. The second-order valence-corrected chi connectivity index (χ2v) is 3.65. The van der Waals surface area contributed by atoms with E-state index in [0.717, 1.165) is 18.3 Å². The number of aryl methyl sites for hydroxylation is 1. The fourth-order valence-electron chi connectivity index (χ4n) is 1.44. The summed E-state index contributed by atoms with van der Waals surface area (Å²) in [5.74, 6) is 0. The number of hydrogen-bond acceptors (Lipinski definition) is 1. The summed E-state index contributed by atoms with van der Waals surface area (Å²) in [5.41, 5.74) is 2.56. The molecule has 0 aliphatic heterocycles. The van der Waals surface area contributed by atoms with Crippen LogP contribution in [0.3, 0.4) is 0 Å². The molecule has 0 aromatic heterocycles. The Morgan fingerprint density at radius 1 is 1.20 bits per heavy atom. The molecule has 1 aromatic carbocycles. The molecule has 0 radical (unpaired) electrons. The van der Waals surface area contributed by atoms with Crippen LogP contribution in [-0.2, 0) is 11.2 Å². The lowest BCUT2D eigenvalue weighted by Crippen LogP contribution is -1.84. The molecule has 1 rings (SSSR count). The van der Waals surface area contributed by atoms with Crippen LogP contribution >= 0.6 is 0 Å². The molecule has 15 heavy (non-hydrogen) atoms. The van der Waals surface area contributed by atoms with E-state index in [1.54, 1.807) is 0 Å². The lowest BCUT2D eigenvalue weighted by atomic mass is 10.1. The number of carbonyl (C=O) groups excluding carboxylic acids is 1. The summed E-state index contributed by atoms with van der Waals surface area (Å²) in [7, 11) is 0. The maximum absolute atomic E-state index is 10.1. The molecule has 0 bridgehead atoms. The third-order valence-electron chi connectivity index (χ3n) is 2.34. The minimum atomic E-state index is 0.498. The molecule has 0 fully saturated rings. The Bertz CT molecular complexity index is 309. The van der Waals surface area contributed by atoms with Gasteiger partial charge in [-0.2, -0.15) is 0 Å². The number of unbranched alkanes of at least 4 members (excludes halogenated alkanes) is 1. The molecule has 0 N–H and O–H groups in total. The Kier molecular flexibility index (Phi) is 5.46. The normalized spacial score (nSPS) is 10.7. The van der Waals surface area contributed by atoms with E-state index in [4.69, 9.17) is 0 Å². The zero-order valence-electron chi connectivity index (χ0n) is 9.28. The van der Waals surface area contributed by atoms with Gasteiger partial charge in [0.25, 0.3) is 0 Å². The molecule has 1 heteroatoms. The average Bonchev–Trinajstić information content (AvgIpc) is 2.28. The van der Waals surface area contributed by atoms with Crippen LogP contribution in [0.2, 0.25) is 0 Å². The van der Waals surface area contributed by atoms with Crippen LogP contribution in [0.4, 0.5) is 0 Å². The fraction of sp³-hybridized carbons (Fsp3) is 0.357. The first-order valence-electron chi connectivity index (χ1n) is 5.56. The summed E-state index contributed by atoms with van der Waals surface area (Å²) in [4.78, 5) is 10.1. The van der Waals surface area contributed by atoms with Gasteiger partial charge in [-0.1, -0.05) is 49.8 Å². The Labute approximate surface area is 91.8 Å². The Morgan fingerprint density at radius 2 is 1.93 bits per heavy atom. The summed E-state index contributed by atoms with van der Waals surface area (Å²) in [5, 5.41) is 0. The van der Waals surface area contributed by atoms with Crippen LogP contribution in [0.25, 0.3) is 6.08 Å². The lowest BCUT2D eigenvalue weighted by molar-refractivity contribution is -0.107. The molecule has 1 aromatic rings. The molecule has 0 unspecified atom stereocenters. The van der Waals surface area contributed by atoms with E-state index in [2.05, 4.69) is 31.2 Å². The molecule has 0 spiro atoms. The van der Waals surface area contributed by atoms with Gasteiger partial charge in [-0.25, -0.2) is 0 Å². The molecule has 1 nitrogen and oxygen atoms in total. The standard InChI is InChI=1S/C14H18O/c1-2-3-6-13-8-10-14(11-9-13)7-4-5-12-15/h4,7-12H,2-3,5-6H2,1H3. The zero-order chi connectivity index (χ0) is 10.9. The van der Waals surface area contributed by atoms with Crippen molar-refractivity contribution in [3.05, 3.63) is 41.5 Å². The first-order chi connectivity index (χ1) is 7.36. The summed E-state index contributed by atoms with van der Waals surface area (Å²) >= 11 is 0. The van der Waals surface area contributed by atoms with Crippen LogP contribution < -0.4 is 0 Å². The van der Waals surface area contributed by atoms with Gasteiger partial charge in [-0.15, -0.1) is 0 Å². The van der Waals surface area contributed by atoms with Crippen LogP contribution in [0.15, 0.2) is 30.3 Å². The van der Waals surface area contributed by atoms with Crippen LogP contribution in [0, 0.1) is 0 Å². The van der Waals surface area contributed by atoms with E-state index in [-0.39, 0.29) is 0 Å². The minimum absolute atomic E-state index is 0.498. The highest BCUT2D eigenvalue weighted by molar-refractivity contribution is 5.57. The maximum atomic E-state index is 10.1. The van der Waals surface area contributed by atoms with Crippen molar-refractivity contribution >= 4 is 12.4 Å². The van der Waals surface area contributed by atoms with Crippen LogP contribution in [0.5, 0.6) is 0 Å². The molecule has 80 valence electrons. The number of rotatable bonds is 6. The van der Waals surface area contributed by atoms with E-state index in [0.29, 0.717) is 6.42 Å². The summed E-state index contributed by atoms with van der Waals surface area (Å²) in [6, 6.07) is 8.53. The van der Waals surface area contributed by atoms with Crippen molar-refractivity contribution in [2.24, 2.45) is 0 Å². The average molecular weight is 202 g/mol. The molecule has 0 aliphatic carbocycles. The predicted molar refractivity (Wildman–Crippen MR) is 64.8 cm³/mol. The highest BCUT2D eigenvalue weighted by Crippen LogP contribution is 2.09. The number of carbonyl (C=O) groups is 1. The Morgan fingerprint density at radius 3 is 2.53 bits per heavy atom. The molecule has 0 amide bonds. The number of allylic oxidation sites excluding steroid dienone is 1. The summed E-state index contributed by atoms with van der Waals surface area (Å²) in [6.07, 6.45) is 8.92. The second-order valence-electron chi connectivity index (χ2n) is 3.65. The van der Waals surface area contributed by atoms with Gasteiger partial charge >= 0.3 is 0 Å². The maximum Gasteiger partial charge on any atom is 0.123 e.